The maximum absolute atomic E-state index is 12.9. The van der Waals surface area contributed by atoms with E-state index in [0.29, 0.717) is 19.3 Å². The highest BCUT2D eigenvalue weighted by molar-refractivity contribution is 5.71. The van der Waals surface area contributed by atoms with E-state index >= 15 is 0 Å². The molecule has 0 aliphatic heterocycles. The summed E-state index contributed by atoms with van der Waals surface area (Å²) in [5.74, 6) is -0.865. The molecule has 0 heterocycles. The van der Waals surface area contributed by atoms with Gasteiger partial charge in [-0.25, -0.2) is 0 Å². The largest absolute Gasteiger partial charge is 0.462 e. The molecule has 0 N–H and O–H groups in total. The number of carbonyl (C=O) groups is 3. The molecule has 0 radical (unpaired) electrons. The van der Waals surface area contributed by atoms with Gasteiger partial charge in [-0.3, -0.25) is 14.4 Å². The predicted octanol–water partition coefficient (Wildman–Crippen LogP) is 21.6. The summed E-state index contributed by atoms with van der Waals surface area (Å²) in [5.41, 5.74) is 0. The Labute approximate surface area is 448 Å². The average Bonchev–Trinajstić information content (AvgIpc) is 3.38. The Bertz CT molecular complexity index is 1210. The van der Waals surface area contributed by atoms with Crippen LogP contribution in [0.15, 0.2) is 36.5 Å². The van der Waals surface area contributed by atoms with Crippen LogP contribution in [0.3, 0.4) is 0 Å². The van der Waals surface area contributed by atoms with Gasteiger partial charge in [-0.15, -0.1) is 0 Å². The minimum Gasteiger partial charge on any atom is -0.462 e. The molecule has 72 heavy (non-hydrogen) atoms. The first-order chi connectivity index (χ1) is 35.5. The monoisotopic (exact) mass is 1010 g/mol. The van der Waals surface area contributed by atoms with E-state index in [2.05, 4.69) is 57.2 Å². The second kappa shape index (κ2) is 61.2. The van der Waals surface area contributed by atoms with Crippen LogP contribution in [0, 0.1) is 0 Å². The Morgan fingerprint density at radius 2 is 0.528 bits per heavy atom. The zero-order valence-electron chi connectivity index (χ0n) is 48.5. The van der Waals surface area contributed by atoms with Gasteiger partial charge in [-0.1, -0.05) is 295 Å². The van der Waals surface area contributed by atoms with Crippen LogP contribution in [-0.2, 0) is 28.6 Å². The number of carbonyl (C=O) groups excluding carboxylic acids is 3. The van der Waals surface area contributed by atoms with Crippen LogP contribution < -0.4 is 0 Å². The molecule has 0 amide bonds. The molecule has 0 fully saturated rings. The maximum atomic E-state index is 12.9. The smallest absolute Gasteiger partial charge is 0.306 e. The van der Waals surface area contributed by atoms with Gasteiger partial charge in [0.15, 0.2) is 6.10 Å². The molecule has 0 saturated heterocycles. The zero-order chi connectivity index (χ0) is 52.2. The van der Waals surface area contributed by atoms with Crippen molar-refractivity contribution in [3.8, 4) is 0 Å². The molecule has 0 aromatic rings. The molecule has 0 aromatic heterocycles. The lowest BCUT2D eigenvalue weighted by atomic mass is 10.0. The zero-order valence-corrected chi connectivity index (χ0v) is 48.5. The number of hydrogen-bond donors (Lipinski definition) is 0. The van der Waals surface area contributed by atoms with Gasteiger partial charge >= 0.3 is 17.9 Å². The van der Waals surface area contributed by atoms with Gasteiger partial charge in [0, 0.05) is 19.3 Å². The van der Waals surface area contributed by atoms with Crippen molar-refractivity contribution in [1.82, 2.24) is 0 Å². The molecule has 0 spiro atoms. The van der Waals surface area contributed by atoms with E-state index in [0.717, 1.165) is 83.5 Å². The van der Waals surface area contributed by atoms with Crippen molar-refractivity contribution in [1.29, 1.82) is 0 Å². The highest BCUT2D eigenvalue weighted by Crippen LogP contribution is 2.17. The number of allylic oxidation sites excluding steroid dienone is 6. The van der Waals surface area contributed by atoms with E-state index in [-0.39, 0.29) is 31.1 Å². The van der Waals surface area contributed by atoms with Crippen molar-refractivity contribution in [2.45, 2.75) is 354 Å². The number of hydrogen-bond acceptors (Lipinski definition) is 6. The van der Waals surface area contributed by atoms with E-state index in [1.54, 1.807) is 0 Å². The van der Waals surface area contributed by atoms with E-state index in [1.165, 1.54) is 225 Å². The first-order valence-electron chi connectivity index (χ1n) is 32.0. The molecule has 0 aliphatic carbocycles. The summed E-state index contributed by atoms with van der Waals surface area (Å²) in [6.45, 7) is 6.62. The van der Waals surface area contributed by atoms with Crippen molar-refractivity contribution in [3.05, 3.63) is 36.5 Å². The first kappa shape index (κ1) is 69.6. The van der Waals surface area contributed by atoms with Gasteiger partial charge in [0.05, 0.1) is 0 Å². The standard InChI is InChI=1S/C66H122O6/c1-4-7-10-13-16-19-22-25-27-29-30-31-32-33-34-35-36-37-39-41-44-47-50-53-56-59-65(68)71-62-63(61-70-64(67)58-55-52-49-46-43-40-24-21-18-15-12-9-6-3)72-66(69)60-57-54-51-48-45-42-38-28-26-23-20-17-14-11-8-5-2/h12,15,21,24,29-30,63H,4-11,13-14,16-20,22-23,25-28,31-62H2,1-3H3/b15-12-,24-21-,30-29-. The molecule has 0 aromatic carbocycles. The van der Waals surface area contributed by atoms with Crippen LogP contribution in [0.5, 0.6) is 0 Å². The fraction of sp³-hybridized carbons (Fsp3) is 0.864. The van der Waals surface area contributed by atoms with E-state index in [1.807, 2.05) is 0 Å². The number of esters is 3. The van der Waals surface area contributed by atoms with Crippen LogP contribution in [0.1, 0.15) is 348 Å². The fourth-order valence-electron chi connectivity index (χ4n) is 9.54. The fourth-order valence-corrected chi connectivity index (χ4v) is 9.54. The minimum absolute atomic E-state index is 0.0724. The van der Waals surface area contributed by atoms with Gasteiger partial charge in [-0.2, -0.15) is 0 Å². The average molecular weight is 1010 g/mol. The SMILES string of the molecule is CCC/C=C\C/C=C\CCCCCCCC(=O)OCC(COC(=O)CCCCCCCCCCCCCCC/C=C\CCCCCCCCCC)OC(=O)CCCCCCCCCCCCCCCCCC. The van der Waals surface area contributed by atoms with Crippen molar-refractivity contribution < 1.29 is 28.6 Å². The van der Waals surface area contributed by atoms with Crippen LogP contribution in [0.25, 0.3) is 0 Å². The van der Waals surface area contributed by atoms with Gasteiger partial charge in [0.1, 0.15) is 13.2 Å². The topological polar surface area (TPSA) is 78.9 Å². The number of rotatable bonds is 59. The molecule has 0 aliphatic rings. The van der Waals surface area contributed by atoms with Gasteiger partial charge in [0.2, 0.25) is 0 Å². The van der Waals surface area contributed by atoms with Gasteiger partial charge < -0.3 is 14.2 Å². The highest BCUT2D eigenvalue weighted by atomic mass is 16.6. The van der Waals surface area contributed by atoms with Crippen molar-refractivity contribution in [2.75, 3.05) is 13.2 Å². The molecule has 0 bridgehead atoms. The molecule has 0 rings (SSSR count). The highest BCUT2D eigenvalue weighted by Gasteiger charge is 2.19. The Balaban J connectivity index is 4.23. The van der Waals surface area contributed by atoms with Crippen molar-refractivity contribution >= 4 is 17.9 Å². The van der Waals surface area contributed by atoms with Crippen LogP contribution in [0.4, 0.5) is 0 Å². The summed E-state index contributed by atoms with van der Waals surface area (Å²) in [6, 6.07) is 0. The normalized spacial score (nSPS) is 12.2. The Morgan fingerprint density at radius 3 is 0.833 bits per heavy atom. The Hall–Kier alpha value is -2.37. The second-order valence-corrected chi connectivity index (χ2v) is 21.7. The number of ether oxygens (including phenoxy) is 3. The van der Waals surface area contributed by atoms with E-state index in [9.17, 15) is 14.4 Å². The molecule has 0 saturated carbocycles. The number of unbranched alkanes of at least 4 members (excludes halogenated alkanes) is 42. The summed E-state index contributed by atoms with van der Waals surface area (Å²) in [7, 11) is 0. The predicted molar refractivity (Wildman–Crippen MR) is 312 cm³/mol. The third-order valence-corrected chi connectivity index (χ3v) is 14.3. The Kier molecular flexibility index (Phi) is 59.2. The van der Waals surface area contributed by atoms with E-state index in [4.69, 9.17) is 14.2 Å². The lowest BCUT2D eigenvalue weighted by Crippen LogP contribution is -2.30. The van der Waals surface area contributed by atoms with Crippen molar-refractivity contribution in [2.24, 2.45) is 0 Å². The second-order valence-electron chi connectivity index (χ2n) is 21.7. The van der Waals surface area contributed by atoms with Crippen molar-refractivity contribution in [3.63, 3.8) is 0 Å². The summed E-state index contributed by atoms with van der Waals surface area (Å²) < 4.78 is 16.9. The molecular weight excluding hydrogens is 889 g/mol. The molecule has 422 valence electrons. The van der Waals surface area contributed by atoms with E-state index < -0.39 is 6.10 Å². The summed E-state index contributed by atoms with van der Waals surface area (Å²) >= 11 is 0. The third kappa shape index (κ3) is 58.5. The van der Waals surface area contributed by atoms with Crippen LogP contribution in [-0.4, -0.2) is 37.2 Å². The van der Waals surface area contributed by atoms with Crippen LogP contribution >= 0.6 is 0 Å². The Morgan fingerprint density at radius 1 is 0.278 bits per heavy atom. The molecule has 6 nitrogen and oxygen atoms in total. The molecule has 1 atom stereocenters. The van der Waals surface area contributed by atoms with Crippen LogP contribution in [0.2, 0.25) is 0 Å². The lowest BCUT2D eigenvalue weighted by molar-refractivity contribution is -0.167. The summed E-state index contributed by atoms with van der Waals surface area (Å²) in [4.78, 5) is 38.2. The van der Waals surface area contributed by atoms with Gasteiger partial charge in [-0.05, 0) is 70.6 Å². The maximum Gasteiger partial charge on any atom is 0.306 e. The molecule has 1 unspecified atom stereocenters. The molecular formula is C66H122O6. The quantitative estimate of drug-likeness (QED) is 0.0261. The minimum atomic E-state index is -0.775. The third-order valence-electron chi connectivity index (χ3n) is 14.3. The molecule has 6 heteroatoms. The summed E-state index contributed by atoms with van der Waals surface area (Å²) in [6.07, 6.45) is 74.4. The lowest BCUT2D eigenvalue weighted by Gasteiger charge is -2.18. The first-order valence-corrected chi connectivity index (χ1v) is 32.0. The summed E-state index contributed by atoms with van der Waals surface area (Å²) in [5, 5.41) is 0. The van der Waals surface area contributed by atoms with Gasteiger partial charge in [0.25, 0.3) is 0 Å².